The van der Waals surface area contributed by atoms with Crippen molar-refractivity contribution < 1.29 is 14.2 Å². The summed E-state index contributed by atoms with van der Waals surface area (Å²) < 4.78 is 17.3. The van der Waals surface area contributed by atoms with Crippen LogP contribution in [-0.4, -0.2) is 32.4 Å². The van der Waals surface area contributed by atoms with Crippen molar-refractivity contribution >= 4 is 11.6 Å². The van der Waals surface area contributed by atoms with Crippen molar-refractivity contribution in [2.75, 3.05) is 26.3 Å². The van der Waals surface area contributed by atoms with Crippen LogP contribution < -0.4 is 19.5 Å². The molecule has 0 saturated carbocycles. The van der Waals surface area contributed by atoms with Crippen LogP contribution in [0.3, 0.4) is 0 Å². The summed E-state index contributed by atoms with van der Waals surface area (Å²) in [6.45, 7) is 6.97. The maximum Gasteiger partial charge on any atom is 0.204 e. The van der Waals surface area contributed by atoms with Crippen molar-refractivity contribution in [1.29, 1.82) is 0 Å². The largest absolute Gasteiger partial charge is 0.490 e. The normalized spacial score (nSPS) is 17.1. The van der Waals surface area contributed by atoms with Crippen molar-refractivity contribution in [3.63, 3.8) is 0 Å². The molecule has 1 atom stereocenters. The molecule has 1 aliphatic rings. The van der Waals surface area contributed by atoms with Gasteiger partial charge in [0.1, 0.15) is 12.7 Å². The first-order valence-electron chi connectivity index (χ1n) is 7.21. The molecule has 1 N–H and O–H groups in total. The lowest BCUT2D eigenvalue weighted by atomic mass is 10.2. The second-order valence-electron chi connectivity index (χ2n) is 4.77. The third-order valence-corrected chi connectivity index (χ3v) is 3.29. The Kier molecular flexibility index (Phi) is 5.80. The molecule has 0 radical (unpaired) electrons. The van der Waals surface area contributed by atoms with Gasteiger partial charge in [-0.25, -0.2) is 0 Å². The van der Waals surface area contributed by atoms with Crippen molar-refractivity contribution in [1.82, 2.24) is 5.32 Å². The summed E-state index contributed by atoms with van der Waals surface area (Å²) in [5, 5.41) is 3.97. The van der Waals surface area contributed by atoms with Crippen molar-refractivity contribution in [3.8, 4) is 17.2 Å². The van der Waals surface area contributed by atoms with Crippen LogP contribution in [0.15, 0.2) is 12.1 Å². The van der Waals surface area contributed by atoms with E-state index < -0.39 is 0 Å². The number of unbranched alkanes of at least 4 members (excludes halogenated alkanes) is 1. The predicted molar refractivity (Wildman–Crippen MR) is 80.3 cm³/mol. The van der Waals surface area contributed by atoms with Crippen LogP contribution in [0.5, 0.6) is 17.2 Å². The Morgan fingerprint density at radius 2 is 2.25 bits per heavy atom. The molecular formula is C15H22ClNO3. The number of fused-ring (bicyclic) bond motifs is 1. The number of nitrogens with one attached hydrogen (secondary N) is 1. The molecule has 1 aliphatic heterocycles. The minimum Gasteiger partial charge on any atom is -0.490 e. The van der Waals surface area contributed by atoms with E-state index in [2.05, 4.69) is 12.2 Å². The fourth-order valence-corrected chi connectivity index (χ4v) is 2.28. The zero-order valence-corrected chi connectivity index (χ0v) is 12.8. The molecule has 5 heteroatoms. The van der Waals surface area contributed by atoms with Crippen molar-refractivity contribution in [2.45, 2.75) is 32.8 Å². The zero-order chi connectivity index (χ0) is 14.4. The first-order valence-corrected chi connectivity index (χ1v) is 7.58. The van der Waals surface area contributed by atoms with Gasteiger partial charge in [0.15, 0.2) is 11.5 Å². The molecule has 0 bridgehead atoms. The maximum absolute atomic E-state index is 6.04. The van der Waals surface area contributed by atoms with Gasteiger partial charge in [0.05, 0.1) is 6.61 Å². The van der Waals surface area contributed by atoms with E-state index in [9.17, 15) is 0 Å². The standard InChI is InChI=1S/C15H22ClNO3/c1-3-5-6-17-9-12-10-19-14-8-11(16)7-13(18-4-2)15(14)20-12/h7-8,12,17H,3-6,9-10H2,1-2H3. The molecule has 4 nitrogen and oxygen atoms in total. The molecule has 0 spiro atoms. The highest BCUT2D eigenvalue weighted by Crippen LogP contribution is 2.42. The SMILES string of the molecule is CCCCNCC1COc2cc(Cl)cc(OCC)c2O1. The van der Waals surface area contributed by atoms with Gasteiger partial charge in [-0.2, -0.15) is 0 Å². The molecule has 2 rings (SSSR count). The van der Waals surface area contributed by atoms with Gasteiger partial charge < -0.3 is 19.5 Å². The number of hydrogen-bond acceptors (Lipinski definition) is 4. The van der Waals surface area contributed by atoms with Gasteiger partial charge in [-0.1, -0.05) is 24.9 Å². The van der Waals surface area contributed by atoms with E-state index in [0.29, 0.717) is 35.5 Å². The fourth-order valence-electron chi connectivity index (χ4n) is 2.08. The summed E-state index contributed by atoms with van der Waals surface area (Å²) in [6, 6.07) is 3.53. The number of hydrogen-bond donors (Lipinski definition) is 1. The first kappa shape index (κ1) is 15.3. The number of halogens is 1. The highest BCUT2D eigenvalue weighted by molar-refractivity contribution is 6.31. The van der Waals surface area contributed by atoms with Gasteiger partial charge in [0, 0.05) is 23.7 Å². The van der Waals surface area contributed by atoms with Gasteiger partial charge >= 0.3 is 0 Å². The molecule has 20 heavy (non-hydrogen) atoms. The summed E-state index contributed by atoms with van der Waals surface area (Å²) in [6.07, 6.45) is 2.36. The highest BCUT2D eigenvalue weighted by atomic mass is 35.5. The number of benzene rings is 1. The molecule has 0 aromatic heterocycles. The van der Waals surface area contributed by atoms with E-state index in [0.717, 1.165) is 13.1 Å². The summed E-state index contributed by atoms with van der Waals surface area (Å²) in [4.78, 5) is 0. The molecule has 1 aromatic rings. The molecular weight excluding hydrogens is 278 g/mol. The Labute approximate surface area is 125 Å². The molecule has 0 amide bonds. The van der Waals surface area contributed by atoms with Crippen LogP contribution >= 0.6 is 11.6 Å². The predicted octanol–water partition coefficient (Wildman–Crippen LogP) is 3.27. The van der Waals surface area contributed by atoms with Gasteiger partial charge in [0.25, 0.3) is 0 Å². The second-order valence-corrected chi connectivity index (χ2v) is 5.21. The van der Waals surface area contributed by atoms with Gasteiger partial charge in [0.2, 0.25) is 5.75 Å². The Bertz CT molecular complexity index is 439. The van der Waals surface area contributed by atoms with Crippen LogP contribution in [0.25, 0.3) is 0 Å². The average molecular weight is 300 g/mol. The summed E-state index contributed by atoms with van der Waals surface area (Å²) in [5.41, 5.74) is 0. The van der Waals surface area contributed by atoms with Gasteiger partial charge in [-0.05, 0) is 19.9 Å². The number of rotatable bonds is 7. The Hall–Kier alpha value is -1.13. The van der Waals surface area contributed by atoms with Gasteiger partial charge in [-0.3, -0.25) is 0 Å². The topological polar surface area (TPSA) is 39.7 Å². The maximum atomic E-state index is 6.04. The van der Waals surface area contributed by atoms with E-state index in [4.69, 9.17) is 25.8 Å². The molecule has 1 heterocycles. The van der Waals surface area contributed by atoms with Gasteiger partial charge in [-0.15, -0.1) is 0 Å². The van der Waals surface area contributed by atoms with E-state index in [1.54, 1.807) is 12.1 Å². The highest BCUT2D eigenvalue weighted by Gasteiger charge is 2.25. The summed E-state index contributed by atoms with van der Waals surface area (Å²) in [5.74, 6) is 1.96. The van der Waals surface area contributed by atoms with Crippen LogP contribution in [0, 0.1) is 0 Å². The van der Waals surface area contributed by atoms with Crippen LogP contribution in [0.4, 0.5) is 0 Å². The fraction of sp³-hybridized carbons (Fsp3) is 0.600. The van der Waals surface area contributed by atoms with Crippen molar-refractivity contribution in [3.05, 3.63) is 17.2 Å². The minimum absolute atomic E-state index is 0.000243. The third kappa shape index (κ3) is 3.93. The minimum atomic E-state index is -0.000243. The molecule has 1 aromatic carbocycles. The smallest absolute Gasteiger partial charge is 0.204 e. The lowest BCUT2D eigenvalue weighted by Crippen LogP contribution is -2.38. The van der Waals surface area contributed by atoms with Crippen LogP contribution in [-0.2, 0) is 0 Å². The Morgan fingerprint density at radius 1 is 1.40 bits per heavy atom. The quantitative estimate of drug-likeness (QED) is 0.785. The first-order chi connectivity index (χ1) is 9.74. The Balaban J connectivity index is 2.00. The molecule has 0 fully saturated rings. The molecule has 1 unspecified atom stereocenters. The second kappa shape index (κ2) is 7.60. The molecule has 112 valence electrons. The van der Waals surface area contributed by atoms with E-state index in [1.165, 1.54) is 12.8 Å². The molecule has 0 aliphatic carbocycles. The van der Waals surface area contributed by atoms with Crippen LogP contribution in [0.1, 0.15) is 26.7 Å². The lowest BCUT2D eigenvalue weighted by molar-refractivity contribution is 0.0855. The summed E-state index contributed by atoms with van der Waals surface area (Å²) in [7, 11) is 0. The van der Waals surface area contributed by atoms with Crippen molar-refractivity contribution in [2.24, 2.45) is 0 Å². The number of ether oxygens (including phenoxy) is 3. The van der Waals surface area contributed by atoms with E-state index >= 15 is 0 Å². The summed E-state index contributed by atoms with van der Waals surface area (Å²) >= 11 is 6.04. The lowest BCUT2D eigenvalue weighted by Gasteiger charge is -2.28. The van der Waals surface area contributed by atoms with E-state index in [1.807, 2.05) is 6.92 Å². The average Bonchev–Trinajstić information content (AvgIpc) is 2.44. The van der Waals surface area contributed by atoms with E-state index in [-0.39, 0.29) is 6.10 Å². The third-order valence-electron chi connectivity index (χ3n) is 3.07. The molecule has 0 saturated heterocycles. The Morgan fingerprint density at radius 3 is 3.00 bits per heavy atom. The van der Waals surface area contributed by atoms with Crippen LogP contribution in [0.2, 0.25) is 5.02 Å². The monoisotopic (exact) mass is 299 g/mol. The zero-order valence-electron chi connectivity index (χ0n) is 12.1.